The van der Waals surface area contributed by atoms with E-state index in [2.05, 4.69) is 13.0 Å². The number of ether oxygens (including phenoxy) is 1. The summed E-state index contributed by atoms with van der Waals surface area (Å²) in [6.07, 6.45) is 2.00. The van der Waals surface area contributed by atoms with Crippen LogP contribution in [0.4, 0.5) is 5.69 Å². The maximum absolute atomic E-state index is 12.7. The number of fused-ring (bicyclic) bond motifs is 1. The second-order valence-corrected chi connectivity index (χ2v) is 7.83. The van der Waals surface area contributed by atoms with Crippen molar-refractivity contribution >= 4 is 29.3 Å². The second-order valence-electron chi connectivity index (χ2n) is 6.81. The molecule has 2 aliphatic heterocycles. The molecule has 25 heavy (non-hydrogen) atoms. The van der Waals surface area contributed by atoms with Crippen LogP contribution in [0.15, 0.2) is 23.1 Å². The Labute approximate surface area is 153 Å². The van der Waals surface area contributed by atoms with E-state index in [1.54, 1.807) is 16.7 Å². The number of nitrogens with zero attached hydrogens (tertiary/aromatic N) is 2. The Morgan fingerprint density at radius 3 is 3.04 bits per heavy atom. The fourth-order valence-electron chi connectivity index (χ4n) is 3.31. The summed E-state index contributed by atoms with van der Waals surface area (Å²) >= 11 is 1.55. The van der Waals surface area contributed by atoms with Crippen molar-refractivity contribution in [3.05, 3.63) is 23.8 Å². The number of thioether (sulfide) groups is 1. The van der Waals surface area contributed by atoms with E-state index in [4.69, 9.17) is 4.74 Å². The molecule has 0 spiro atoms. The Kier molecular flexibility index (Phi) is 6.02. The molecule has 0 aliphatic carbocycles. The molecule has 1 aromatic carbocycles. The summed E-state index contributed by atoms with van der Waals surface area (Å²) in [4.78, 5) is 29.6. The molecule has 1 aromatic rings. The van der Waals surface area contributed by atoms with Gasteiger partial charge >= 0.3 is 0 Å². The van der Waals surface area contributed by atoms with Crippen LogP contribution in [0.5, 0.6) is 0 Å². The van der Waals surface area contributed by atoms with E-state index >= 15 is 0 Å². The molecule has 0 unspecified atom stereocenters. The minimum Gasteiger partial charge on any atom is -0.381 e. The largest absolute Gasteiger partial charge is 0.381 e. The van der Waals surface area contributed by atoms with Gasteiger partial charge in [-0.15, -0.1) is 11.8 Å². The molecule has 136 valence electrons. The van der Waals surface area contributed by atoms with E-state index in [1.807, 2.05) is 24.0 Å². The van der Waals surface area contributed by atoms with Crippen molar-refractivity contribution < 1.29 is 14.3 Å². The fourth-order valence-corrected chi connectivity index (χ4v) is 4.34. The zero-order valence-corrected chi connectivity index (χ0v) is 15.8. The molecule has 0 radical (unpaired) electrons. The molecule has 3 rings (SSSR count). The molecule has 0 saturated carbocycles. The number of hydrogen-bond acceptors (Lipinski definition) is 4. The lowest BCUT2D eigenvalue weighted by Crippen LogP contribution is -2.44. The van der Waals surface area contributed by atoms with E-state index in [-0.39, 0.29) is 18.4 Å². The molecule has 5 nitrogen and oxygen atoms in total. The quantitative estimate of drug-likeness (QED) is 0.730. The molecule has 0 aromatic heterocycles. The number of anilines is 1. The first-order chi connectivity index (χ1) is 12.1. The monoisotopic (exact) mass is 362 g/mol. The molecule has 1 atom stereocenters. The maximum atomic E-state index is 12.7. The number of hydrogen-bond donors (Lipinski definition) is 0. The maximum Gasteiger partial charge on any atom is 0.242 e. The summed E-state index contributed by atoms with van der Waals surface area (Å²) in [5.74, 6) is 0.858. The molecule has 0 N–H and O–H groups in total. The summed E-state index contributed by atoms with van der Waals surface area (Å²) in [5, 5.41) is 0. The summed E-state index contributed by atoms with van der Waals surface area (Å²) in [5.41, 5.74) is 2.03. The lowest BCUT2D eigenvalue weighted by molar-refractivity contribution is -0.130. The van der Waals surface area contributed by atoms with Crippen molar-refractivity contribution in [1.82, 2.24) is 4.90 Å². The van der Waals surface area contributed by atoms with Crippen LogP contribution in [0.3, 0.4) is 0 Å². The third-order valence-corrected chi connectivity index (χ3v) is 5.72. The van der Waals surface area contributed by atoms with E-state index in [0.717, 1.165) is 49.7 Å². The molecule has 2 aliphatic rings. The van der Waals surface area contributed by atoms with Crippen LogP contribution in [0.25, 0.3) is 0 Å². The number of carbonyl (C=O) groups is 2. The van der Waals surface area contributed by atoms with Gasteiger partial charge in [0.1, 0.15) is 6.54 Å². The SMILES string of the molecule is CCCOC[C@H]1CCN(C(=O)CN2C(=O)CSc3cc(C)ccc32)C1. The first-order valence-corrected chi connectivity index (χ1v) is 9.96. The predicted molar refractivity (Wildman–Crippen MR) is 100 cm³/mol. The number of aryl methyl sites for hydroxylation is 1. The van der Waals surface area contributed by atoms with Gasteiger partial charge in [-0.3, -0.25) is 9.59 Å². The van der Waals surface area contributed by atoms with Crippen LogP contribution in [0, 0.1) is 12.8 Å². The van der Waals surface area contributed by atoms with Gasteiger partial charge in [-0.05, 0) is 37.5 Å². The van der Waals surface area contributed by atoms with Gasteiger partial charge < -0.3 is 14.5 Å². The smallest absolute Gasteiger partial charge is 0.242 e. The molecule has 0 bridgehead atoms. The van der Waals surface area contributed by atoms with Crippen LogP contribution >= 0.6 is 11.8 Å². The van der Waals surface area contributed by atoms with E-state index in [0.29, 0.717) is 11.7 Å². The standard InChI is InChI=1S/C19H26N2O3S/c1-3-8-24-12-15-6-7-20(10-15)18(22)11-21-16-5-4-14(2)9-17(16)25-13-19(21)23/h4-5,9,15H,3,6-8,10-13H2,1-2H3/t15-/m0/s1. The van der Waals surface area contributed by atoms with Gasteiger partial charge in [0.15, 0.2) is 0 Å². The first-order valence-electron chi connectivity index (χ1n) is 8.97. The van der Waals surface area contributed by atoms with Gasteiger partial charge in [0, 0.05) is 30.5 Å². The average molecular weight is 362 g/mol. The molecule has 1 saturated heterocycles. The average Bonchev–Trinajstić information content (AvgIpc) is 3.06. The van der Waals surface area contributed by atoms with Gasteiger partial charge in [-0.1, -0.05) is 13.0 Å². The summed E-state index contributed by atoms with van der Waals surface area (Å²) in [6.45, 7) is 7.27. The molecule has 6 heteroatoms. The minimum atomic E-state index is 0.0109. The minimum absolute atomic E-state index is 0.0109. The van der Waals surface area contributed by atoms with E-state index in [9.17, 15) is 9.59 Å². The van der Waals surface area contributed by atoms with E-state index < -0.39 is 0 Å². The highest BCUT2D eigenvalue weighted by Gasteiger charge is 2.31. The third-order valence-electron chi connectivity index (χ3n) is 4.69. The Bertz CT molecular complexity index is 650. The number of amides is 2. The molecule has 1 fully saturated rings. The van der Waals surface area contributed by atoms with Crippen LogP contribution in [-0.2, 0) is 14.3 Å². The number of carbonyl (C=O) groups excluding carboxylic acids is 2. The Morgan fingerprint density at radius 1 is 1.40 bits per heavy atom. The van der Waals surface area contributed by atoms with Crippen LogP contribution in [-0.4, -0.2) is 55.3 Å². The molecule has 2 heterocycles. The van der Waals surface area contributed by atoms with E-state index in [1.165, 1.54) is 5.56 Å². The van der Waals surface area contributed by atoms with Crippen molar-refractivity contribution in [3.8, 4) is 0 Å². The van der Waals surface area contributed by atoms with Crippen molar-refractivity contribution in [3.63, 3.8) is 0 Å². The van der Waals surface area contributed by atoms with Crippen molar-refractivity contribution in [2.75, 3.05) is 43.5 Å². The van der Waals surface area contributed by atoms with Crippen LogP contribution in [0.2, 0.25) is 0 Å². The Balaban J connectivity index is 1.61. The normalized spacial score (nSPS) is 20.1. The van der Waals surface area contributed by atoms with Crippen molar-refractivity contribution in [2.45, 2.75) is 31.6 Å². The highest BCUT2D eigenvalue weighted by atomic mass is 32.2. The van der Waals surface area contributed by atoms with Gasteiger partial charge in [-0.25, -0.2) is 0 Å². The van der Waals surface area contributed by atoms with Gasteiger partial charge in [0.05, 0.1) is 18.0 Å². The highest BCUT2D eigenvalue weighted by molar-refractivity contribution is 8.00. The van der Waals surface area contributed by atoms with Crippen molar-refractivity contribution in [1.29, 1.82) is 0 Å². The molecular formula is C19H26N2O3S. The predicted octanol–water partition coefficient (Wildman–Crippen LogP) is 2.71. The lowest BCUT2D eigenvalue weighted by Gasteiger charge is -2.30. The second kappa shape index (κ2) is 8.23. The topological polar surface area (TPSA) is 49.9 Å². The van der Waals surface area contributed by atoms with Gasteiger partial charge in [0.25, 0.3) is 0 Å². The third kappa shape index (κ3) is 4.36. The Hall–Kier alpha value is -1.53. The van der Waals surface area contributed by atoms with Crippen LogP contribution in [0.1, 0.15) is 25.3 Å². The first kappa shape index (κ1) is 18.3. The van der Waals surface area contributed by atoms with Gasteiger partial charge in [-0.2, -0.15) is 0 Å². The number of benzene rings is 1. The summed E-state index contributed by atoms with van der Waals surface area (Å²) in [7, 11) is 0. The molecular weight excluding hydrogens is 336 g/mol. The zero-order valence-electron chi connectivity index (χ0n) is 15.0. The Morgan fingerprint density at radius 2 is 2.24 bits per heavy atom. The number of likely N-dealkylation sites (tertiary alicyclic amines) is 1. The summed E-state index contributed by atoms with van der Waals surface area (Å²) < 4.78 is 5.61. The molecule has 2 amide bonds. The fraction of sp³-hybridized carbons (Fsp3) is 0.579. The zero-order chi connectivity index (χ0) is 17.8. The highest BCUT2D eigenvalue weighted by Crippen LogP contribution is 2.36. The number of rotatable bonds is 6. The van der Waals surface area contributed by atoms with Crippen LogP contribution < -0.4 is 4.90 Å². The van der Waals surface area contributed by atoms with Crippen molar-refractivity contribution in [2.24, 2.45) is 5.92 Å². The summed E-state index contributed by atoms with van der Waals surface area (Å²) in [6, 6.07) is 6.03. The van der Waals surface area contributed by atoms with Gasteiger partial charge in [0.2, 0.25) is 11.8 Å². The lowest BCUT2D eigenvalue weighted by atomic mass is 10.1.